The number of carbonyl (C=O) groups excluding carboxylic acids is 2. The SMILES string of the molecule is COc1nc(-c2cccc(-c3cccc4c3CC[C@@H]4Oc3nc(OC)c(CN4CC[C@@H](C(=O)NS(C)(=O)=O)C4)cc3Cl)c2Cl)ccc1CNC[C@@H]1CCC(=O)C1. The molecule has 2 aromatic heterocycles. The molecule has 7 rings (SSSR count). The van der Waals surface area contributed by atoms with Crippen LogP contribution in [0.3, 0.4) is 0 Å². The average Bonchev–Trinajstić information content (AvgIpc) is 3.92. The summed E-state index contributed by atoms with van der Waals surface area (Å²) < 4.78 is 43.0. The van der Waals surface area contributed by atoms with E-state index in [1.54, 1.807) is 13.2 Å². The molecule has 2 N–H and O–H groups in total. The van der Waals surface area contributed by atoms with E-state index in [4.69, 9.17) is 42.4 Å². The Morgan fingerprint density at radius 1 is 0.911 bits per heavy atom. The zero-order valence-corrected chi connectivity index (χ0v) is 33.9. The molecular weight excluding hydrogens is 777 g/mol. The summed E-state index contributed by atoms with van der Waals surface area (Å²) in [6.45, 7) is 2.79. The Morgan fingerprint density at radius 2 is 1.66 bits per heavy atom. The molecule has 2 fully saturated rings. The monoisotopic (exact) mass is 821 g/mol. The zero-order valence-electron chi connectivity index (χ0n) is 31.6. The van der Waals surface area contributed by atoms with Crippen LogP contribution in [-0.4, -0.2) is 75.1 Å². The predicted octanol–water partition coefficient (Wildman–Crippen LogP) is 6.56. The van der Waals surface area contributed by atoms with Crippen LogP contribution in [0.15, 0.2) is 54.6 Å². The molecule has 3 atom stereocenters. The number of nitrogens with zero attached hydrogens (tertiary/aromatic N) is 3. The van der Waals surface area contributed by atoms with Crippen molar-refractivity contribution in [2.45, 2.75) is 57.7 Å². The van der Waals surface area contributed by atoms with E-state index in [0.717, 1.165) is 64.6 Å². The Kier molecular flexibility index (Phi) is 12.2. The van der Waals surface area contributed by atoms with Gasteiger partial charge in [0.05, 0.1) is 37.1 Å². The fraction of sp³-hybridized carbons (Fsp3) is 0.415. The predicted molar refractivity (Wildman–Crippen MR) is 215 cm³/mol. The Labute approximate surface area is 337 Å². The number of fused-ring (bicyclic) bond motifs is 1. The second-order valence-corrected chi connectivity index (χ2v) is 17.3. The van der Waals surface area contributed by atoms with Gasteiger partial charge in [-0.2, -0.15) is 4.98 Å². The maximum absolute atomic E-state index is 12.4. The number of ketones is 1. The molecule has 296 valence electrons. The van der Waals surface area contributed by atoms with Gasteiger partial charge in [0.1, 0.15) is 16.9 Å². The summed E-state index contributed by atoms with van der Waals surface area (Å²) in [5, 5.41) is 4.38. The van der Waals surface area contributed by atoms with Gasteiger partial charge in [-0.3, -0.25) is 19.2 Å². The number of likely N-dealkylation sites (tertiary alicyclic amines) is 1. The number of hydrogen-bond acceptors (Lipinski definition) is 11. The molecule has 15 heteroatoms. The van der Waals surface area contributed by atoms with Crippen LogP contribution in [0.5, 0.6) is 17.6 Å². The van der Waals surface area contributed by atoms with E-state index in [1.807, 2.05) is 41.3 Å². The minimum atomic E-state index is -3.63. The van der Waals surface area contributed by atoms with Gasteiger partial charge < -0.3 is 19.5 Å². The number of sulfonamides is 1. The summed E-state index contributed by atoms with van der Waals surface area (Å²) in [5.41, 5.74) is 7.22. The van der Waals surface area contributed by atoms with Crippen LogP contribution < -0.4 is 24.2 Å². The van der Waals surface area contributed by atoms with Crippen molar-refractivity contribution in [2.24, 2.45) is 11.8 Å². The highest BCUT2D eigenvalue weighted by Crippen LogP contribution is 2.45. The molecule has 0 spiro atoms. The van der Waals surface area contributed by atoms with Crippen molar-refractivity contribution in [3.8, 4) is 40.0 Å². The summed E-state index contributed by atoms with van der Waals surface area (Å²) in [6, 6.07) is 17.8. The Balaban J connectivity index is 1.05. The number of nitrogens with one attached hydrogen (secondary N) is 2. The molecule has 2 aliphatic carbocycles. The molecular formula is C41H45Cl2N5O7S. The second-order valence-electron chi connectivity index (χ2n) is 14.7. The highest BCUT2D eigenvalue weighted by Gasteiger charge is 2.32. The number of hydrogen-bond donors (Lipinski definition) is 2. The topological polar surface area (TPSA) is 149 Å². The van der Waals surface area contributed by atoms with Crippen molar-refractivity contribution in [3.63, 3.8) is 0 Å². The standard InChI is InChI=1S/C41H45Cl2N5O7S/c1-53-39-25(21-44-20-24-10-12-28(49)18-24)11-14-35(45-39)33-9-5-8-32(37(33)43)29-6-4-7-31-30(29)13-15-36(31)55-41-34(42)19-27(40(46-41)54-2)23-48-17-16-26(22-48)38(50)47-56(3,51)52/h4-9,11,14,19,24,26,36,44H,10,12-13,15-18,20-23H2,1-3H3,(H,47,50)/t24-,26-,36+/m1/s1. The summed E-state index contributed by atoms with van der Waals surface area (Å²) in [7, 11) is -0.481. The molecule has 3 aliphatic rings. The first kappa shape index (κ1) is 39.9. The van der Waals surface area contributed by atoms with Crippen LogP contribution in [-0.2, 0) is 39.1 Å². The smallest absolute Gasteiger partial charge is 0.237 e. The van der Waals surface area contributed by atoms with E-state index in [-0.39, 0.29) is 12.0 Å². The first-order valence-electron chi connectivity index (χ1n) is 18.7. The zero-order chi connectivity index (χ0) is 39.6. The minimum absolute atomic E-state index is 0.259. The van der Waals surface area contributed by atoms with E-state index in [0.29, 0.717) is 91.1 Å². The van der Waals surface area contributed by atoms with Gasteiger partial charge in [-0.15, -0.1) is 0 Å². The van der Waals surface area contributed by atoms with Crippen LogP contribution in [0.25, 0.3) is 22.4 Å². The summed E-state index contributed by atoms with van der Waals surface area (Å²) in [6.07, 6.45) is 4.93. The summed E-state index contributed by atoms with van der Waals surface area (Å²) in [5.74, 6) is 0.930. The number of pyridine rings is 2. The average molecular weight is 823 g/mol. The van der Waals surface area contributed by atoms with E-state index in [2.05, 4.69) is 27.2 Å². The maximum atomic E-state index is 12.4. The Morgan fingerprint density at radius 3 is 2.41 bits per heavy atom. The van der Waals surface area contributed by atoms with Crippen LogP contribution in [0.4, 0.5) is 0 Å². The molecule has 4 aromatic rings. The van der Waals surface area contributed by atoms with Gasteiger partial charge in [0.15, 0.2) is 0 Å². The number of amides is 1. The molecule has 0 radical (unpaired) electrons. The van der Waals surface area contributed by atoms with Crippen LogP contribution in [0.1, 0.15) is 60.5 Å². The molecule has 1 amide bonds. The van der Waals surface area contributed by atoms with Gasteiger partial charge in [0.2, 0.25) is 33.6 Å². The largest absolute Gasteiger partial charge is 0.481 e. The van der Waals surface area contributed by atoms with Gasteiger partial charge in [-0.05, 0) is 73.5 Å². The van der Waals surface area contributed by atoms with E-state index in [9.17, 15) is 18.0 Å². The number of halogens is 2. The lowest BCUT2D eigenvalue weighted by Gasteiger charge is -2.20. The van der Waals surface area contributed by atoms with Crippen molar-refractivity contribution >= 4 is 44.9 Å². The molecule has 2 aromatic carbocycles. The third kappa shape index (κ3) is 8.97. The molecule has 1 aliphatic heterocycles. The fourth-order valence-corrected chi connectivity index (χ4v) is 9.11. The molecule has 12 nitrogen and oxygen atoms in total. The van der Waals surface area contributed by atoms with Gasteiger partial charge >= 0.3 is 0 Å². The summed E-state index contributed by atoms with van der Waals surface area (Å²) >= 11 is 14.0. The Bertz CT molecular complexity index is 2260. The van der Waals surface area contributed by atoms with Crippen molar-refractivity contribution in [3.05, 3.63) is 86.9 Å². The Hall–Kier alpha value is -4.27. The van der Waals surface area contributed by atoms with E-state index >= 15 is 0 Å². The maximum Gasteiger partial charge on any atom is 0.237 e. The van der Waals surface area contributed by atoms with E-state index < -0.39 is 21.8 Å². The number of rotatable bonds is 14. The summed E-state index contributed by atoms with van der Waals surface area (Å²) in [4.78, 5) is 35.6. The lowest BCUT2D eigenvalue weighted by Crippen LogP contribution is -2.36. The van der Waals surface area contributed by atoms with Crippen LogP contribution >= 0.6 is 23.2 Å². The molecule has 0 unspecified atom stereocenters. The van der Waals surface area contributed by atoms with E-state index in [1.165, 1.54) is 7.11 Å². The number of benzene rings is 2. The first-order valence-corrected chi connectivity index (χ1v) is 21.4. The number of Topliss-reactive ketones (excluding diaryl/α,β-unsaturated/α-hetero) is 1. The van der Waals surface area contributed by atoms with Gasteiger partial charge in [-0.1, -0.05) is 65.7 Å². The first-order chi connectivity index (χ1) is 26.9. The van der Waals surface area contributed by atoms with Crippen molar-refractivity contribution in [1.29, 1.82) is 0 Å². The van der Waals surface area contributed by atoms with Crippen LogP contribution in [0.2, 0.25) is 10.0 Å². The van der Waals surface area contributed by atoms with Gasteiger partial charge in [-0.25, -0.2) is 13.4 Å². The normalized spacial score (nSPS) is 19.6. The highest BCUT2D eigenvalue weighted by atomic mass is 35.5. The van der Waals surface area contributed by atoms with Crippen molar-refractivity contribution in [2.75, 3.05) is 40.1 Å². The van der Waals surface area contributed by atoms with Gasteiger partial charge in [0.25, 0.3) is 0 Å². The quantitative estimate of drug-likeness (QED) is 0.143. The molecule has 1 saturated carbocycles. The van der Waals surface area contributed by atoms with Crippen molar-refractivity contribution < 1.29 is 32.2 Å². The van der Waals surface area contributed by atoms with Crippen LogP contribution in [0, 0.1) is 11.8 Å². The lowest BCUT2D eigenvalue weighted by atomic mass is 9.94. The molecule has 56 heavy (non-hydrogen) atoms. The molecule has 3 heterocycles. The number of ether oxygens (including phenoxy) is 3. The number of aromatic nitrogens is 2. The fourth-order valence-electron chi connectivity index (χ4n) is 8.03. The number of methoxy groups -OCH3 is 2. The minimum Gasteiger partial charge on any atom is -0.481 e. The van der Waals surface area contributed by atoms with Gasteiger partial charge in [0, 0.05) is 54.7 Å². The molecule has 0 bridgehead atoms. The lowest BCUT2D eigenvalue weighted by molar-refractivity contribution is -0.122. The molecule has 1 saturated heterocycles. The number of carbonyl (C=O) groups is 2. The third-order valence-corrected chi connectivity index (χ3v) is 12.0. The van der Waals surface area contributed by atoms with Crippen molar-refractivity contribution in [1.82, 2.24) is 24.9 Å². The highest BCUT2D eigenvalue weighted by molar-refractivity contribution is 7.89. The second kappa shape index (κ2) is 17.1. The third-order valence-electron chi connectivity index (χ3n) is 10.8.